The maximum Gasteiger partial charge on any atom is 0.121 e. The van der Waals surface area contributed by atoms with Gasteiger partial charge in [-0.3, -0.25) is 4.98 Å². The zero-order valence-corrected chi connectivity index (χ0v) is 41.3. The van der Waals surface area contributed by atoms with Gasteiger partial charge in [-0.2, -0.15) is 0 Å². The zero-order chi connectivity index (χ0) is 44.0. The van der Waals surface area contributed by atoms with Gasteiger partial charge < -0.3 is 14.0 Å². The van der Waals surface area contributed by atoms with Crippen molar-refractivity contribution in [3.05, 3.63) is 198 Å². The molecule has 0 saturated carbocycles. The molecule has 1 aliphatic heterocycles. The minimum Gasteiger partial charge on any atom is -0.501 e. The molecule has 65 heavy (non-hydrogen) atoms. The number of hydrogen-bond acceptors (Lipinski definition) is 3. The fourth-order valence-electron chi connectivity index (χ4n) is 9.49. The minimum absolute atomic E-state index is 0. The van der Waals surface area contributed by atoms with E-state index >= 15 is 0 Å². The first-order valence-electron chi connectivity index (χ1n) is 22.7. The maximum atomic E-state index is 6.80. The van der Waals surface area contributed by atoms with Gasteiger partial charge in [0.05, 0.1) is 30.5 Å². The molecule has 4 heterocycles. The van der Waals surface area contributed by atoms with Crippen molar-refractivity contribution >= 4 is 41.0 Å². The number of rotatable bonds is 7. The molecule has 10 aromatic rings. The molecule has 1 aliphatic rings. The second kappa shape index (κ2) is 18.4. The number of aromatic nitrogens is 3. The summed E-state index contributed by atoms with van der Waals surface area (Å²) in [6.07, 6.45) is 2.99. The number of hydrogen-bond donors (Lipinski definition) is 0. The van der Waals surface area contributed by atoms with E-state index in [4.69, 9.17) is 9.40 Å². The van der Waals surface area contributed by atoms with Crippen molar-refractivity contribution < 1.29 is 24.5 Å². The van der Waals surface area contributed by atoms with E-state index in [1.54, 1.807) is 17.3 Å². The third-order valence-electron chi connectivity index (χ3n) is 12.9. The van der Waals surface area contributed by atoms with Crippen molar-refractivity contribution in [3.63, 3.8) is 0 Å². The molecule has 0 spiro atoms. The number of fused-ring (bicyclic) bond motifs is 5. The van der Waals surface area contributed by atoms with Crippen LogP contribution >= 0.6 is 0 Å². The van der Waals surface area contributed by atoms with Crippen molar-refractivity contribution in [1.29, 1.82) is 0 Å². The van der Waals surface area contributed by atoms with Crippen LogP contribution in [0.25, 0.3) is 83.6 Å². The summed E-state index contributed by atoms with van der Waals surface area (Å²) in [5.41, 5.74) is 18.5. The molecular formula is C59H53IrN3OSi-2. The van der Waals surface area contributed by atoms with Crippen LogP contribution < -0.4 is 0 Å². The van der Waals surface area contributed by atoms with Crippen LogP contribution in [-0.2, 0) is 32.6 Å². The van der Waals surface area contributed by atoms with Crippen molar-refractivity contribution in [3.8, 4) is 50.6 Å². The van der Waals surface area contributed by atoms with E-state index in [9.17, 15) is 0 Å². The Bertz CT molecular complexity index is 3210. The third-order valence-corrected chi connectivity index (χ3v) is 15.8. The first kappa shape index (κ1) is 44.0. The average molecular weight is 1040 g/mol. The van der Waals surface area contributed by atoms with Gasteiger partial charge in [-0.15, -0.1) is 54.1 Å². The number of pyridine rings is 1. The van der Waals surface area contributed by atoms with Crippen molar-refractivity contribution in [2.75, 3.05) is 0 Å². The SMILES string of the molecule is CC(C)c1cc(-c2ccc3c(c2)CC[Si](C)(C)C3)cc(C(C)C)c1-n1c(-c2[c-]ccc3c2oc2cc(-c4ccccc4)ccc23)nc2ccccc21.[Ir].[c-]1ccccc1-c1ccccn1. The second-order valence-corrected chi connectivity index (χ2v) is 23.8. The standard InChI is InChI=1S/C48H45N2OSi.C11H8N.Ir/c1-30(2)41-26-37(33-19-20-36-29-52(5,6)24-23-35(36)25-33)27-42(31(3)4)46(41)50-44-18-11-10-17-43(44)49-48(50)40-16-12-15-39-38-22-21-34(28-45(38)51-47(39)40)32-13-8-7-9-14-32;1-2-6-10(7-3-1)11-8-4-5-9-12-11;/h7-15,17-22,25-28,30-31H,23-24,29H2,1-6H3;1-6,8-9H;/q2*-1;. The largest absolute Gasteiger partial charge is 0.501 e. The van der Waals surface area contributed by atoms with Crippen LogP contribution in [0.4, 0.5) is 0 Å². The van der Waals surface area contributed by atoms with Crippen LogP contribution in [0.1, 0.15) is 61.8 Å². The van der Waals surface area contributed by atoms with Gasteiger partial charge in [0.15, 0.2) is 0 Å². The first-order chi connectivity index (χ1) is 31.1. The number of nitrogens with zero attached hydrogens (tertiary/aromatic N) is 3. The van der Waals surface area contributed by atoms with Crippen LogP contribution in [0.5, 0.6) is 0 Å². The minimum atomic E-state index is -1.14. The van der Waals surface area contributed by atoms with Crippen LogP contribution in [0.15, 0.2) is 168 Å². The van der Waals surface area contributed by atoms with E-state index in [0.717, 1.165) is 61.2 Å². The van der Waals surface area contributed by atoms with Gasteiger partial charge >= 0.3 is 0 Å². The summed E-state index contributed by atoms with van der Waals surface area (Å²) in [4.78, 5) is 9.58. The van der Waals surface area contributed by atoms with Crippen LogP contribution in [0.3, 0.4) is 0 Å². The normalized spacial score (nSPS) is 13.2. The predicted molar refractivity (Wildman–Crippen MR) is 270 cm³/mol. The number of furan rings is 1. The molecular weight excluding hydrogens is 987 g/mol. The topological polar surface area (TPSA) is 43.9 Å². The first-order valence-corrected chi connectivity index (χ1v) is 26.1. The quantitative estimate of drug-likeness (QED) is 0.118. The summed E-state index contributed by atoms with van der Waals surface area (Å²) in [6, 6.07) is 64.9. The summed E-state index contributed by atoms with van der Waals surface area (Å²) >= 11 is 0. The van der Waals surface area contributed by atoms with E-state index in [-0.39, 0.29) is 31.9 Å². The molecule has 11 rings (SSSR count). The number of imidazole rings is 1. The number of benzene rings is 7. The second-order valence-electron chi connectivity index (χ2n) is 18.7. The van der Waals surface area contributed by atoms with E-state index in [1.807, 2.05) is 48.5 Å². The molecule has 0 atom stereocenters. The van der Waals surface area contributed by atoms with Crippen LogP contribution in [0.2, 0.25) is 19.1 Å². The van der Waals surface area contributed by atoms with Gasteiger partial charge in [0.2, 0.25) is 0 Å². The molecule has 0 unspecified atom stereocenters. The smallest absolute Gasteiger partial charge is 0.121 e. The van der Waals surface area contributed by atoms with Gasteiger partial charge in [-0.1, -0.05) is 143 Å². The molecule has 6 heteroatoms. The summed E-state index contributed by atoms with van der Waals surface area (Å²) in [6.45, 7) is 14.4. The van der Waals surface area contributed by atoms with Gasteiger partial charge in [0.1, 0.15) is 5.58 Å². The summed E-state index contributed by atoms with van der Waals surface area (Å²) < 4.78 is 9.20. The van der Waals surface area contributed by atoms with Gasteiger partial charge in [-0.25, -0.2) is 0 Å². The van der Waals surface area contributed by atoms with E-state index in [1.165, 1.54) is 52.0 Å². The van der Waals surface area contributed by atoms with Crippen LogP contribution in [-0.4, -0.2) is 22.6 Å². The third kappa shape index (κ3) is 8.71. The molecule has 7 aromatic carbocycles. The Morgan fingerprint density at radius 1 is 0.631 bits per heavy atom. The Morgan fingerprint density at radius 3 is 2.09 bits per heavy atom. The van der Waals surface area contributed by atoms with Gasteiger partial charge in [-0.05, 0) is 111 Å². The molecule has 0 fully saturated rings. The molecule has 4 nitrogen and oxygen atoms in total. The Hall–Kier alpha value is -6.17. The van der Waals surface area contributed by atoms with Crippen molar-refractivity contribution in [2.45, 2.75) is 71.1 Å². The fraction of sp³-hybridized carbons (Fsp3) is 0.186. The average Bonchev–Trinajstić information content (AvgIpc) is 3.90. The Morgan fingerprint density at radius 2 is 1.35 bits per heavy atom. The monoisotopic (exact) mass is 1040 g/mol. The van der Waals surface area contributed by atoms with Crippen molar-refractivity contribution in [2.24, 2.45) is 0 Å². The van der Waals surface area contributed by atoms with E-state index in [0.29, 0.717) is 0 Å². The Labute approximate surface area is 397 Å². The van der Waals surface area contributed by atoms with E-state index in [2.05, 4.69) is 172 Å². The van der Waals surface area contributed by atoms with Gasteiger partial charge in [0.25, 0.3) is 0 Å². The molecule has 1 radical (unpaired) electrons. The number of aryl methyl sites for hydroxylation is 1. The van der Waals surface area contributed by atoms with Gasteiger partial charge in [0, 0.05) is 37.4 Å². The molecule has 0 saturated heterocycles. The molecule has 0 aliphatic carbocycles. The molecule has 0 N–H and O–H groups in total. The van der Waals surface area contributed by atoms with Crippen molar-refractivity contribution in [1.82, 2.24) is 14.5 Å². The maximum absolute atomic E-state index is 6.80. The summed E-state index contributed by atoms with van der Waals surface area (Å²) in [5.74, 6) is 1.42. The van der Waals surface area contributed by atoms with Crippen LogP contribution in [0, 0.1) is 12.1 Å². The van der Waals surface area contributed by atoms with E-state index < -0.39 is 8.07 Å². The molecule has 0 amide bonds. The zero-order valence-electron chi connectivity index (χ0n) is 37.9. The summed E-state index contributed by atoms with van der Waals surface area (Å²) in [5, 5.41) is 2.17. The fourth-order valence-corrected chi connectivity index (χ4v) is 12.0. The predicted octanol–water partition coefficient (Wildman–Crippen LogP) is 15.9. The Balaban J connectivity index is 0.000000355. The molecule has 325 valence electrons. The summed E-state index contributed by atoms with van der Waals surface area (Å²) in [7, 11) is -1.14. The molecule has 3 aromatic heterocycles. The Kier molecular flexibility index (Phi) is 12.4. The number of para-hydroxylation sites is 2. The molecule has 0 bridgehead atoms.